The lowest BCUT2D eigenvalue weighted by Gasteiger charge is -2.28. The Morgan fingerprint density at radius 2 is 2.00 bits per heavy atom. The molecule has 0 bridgehead atoms. The van der Waals surface area contributed by atoms with Crippen molar-refractivity contribution in [3.8, 4) is 0 Å². The highest BCUT2D eigenvalue weighted by atomic mass is 16.3. The van der Waals surface area contributed by atoms with Gasteiger partial charge in [0, 0.05) is 13.0 Å². The van der Waals surface area contributed by atoms with E-state index in [1.54, 1.807) is 0 Å². The van der Waals surface area contributed by atoms with E-state index in [-0.39, 0.29) is 5.78 Å². The van der Waals surface area contributed by atoms with E-state index in [2.05, 4.69) is 0 Å². The molecule has 0 radical (unpaired) electrons. The number of hydrogen-bond donors (Lipinski definition) is 1. The average molecular weight is 213 g/mol. The van der Waals surface area contributed by atoms with Crippen LogP contribution in [0.3, 0.4) is 0 Å². The zero-order valence-corrected chi connectivity index (χ0v) is 9.96. The number of rotatable bonds is 6. The van der Waals surface area contributed by atoms with Crippen LogP contribution in [-0.4, -0.2) is 41.5 Å². The molecule has 0 aromatic carbocycles. The molecule has 88 valence electrons. The number of carbonyl (C=O) groups is 1. The highest BCUT2D eigenvalue weighted by Gasteiger charge is 2.32. The SMILES string of the molecule is CCCC(=O)CN(C)CC1(O)CCCC1. The summed E-state index contributed by atoms with van der Waals surface area (Å²) in [6.45, 7) is 3.14. The molecule has 0 aromatic rings. The number of likely N-dealkylation sites (N-methyl/N-ethyl adjacent to an activating group) is 1. The van der Waals surface area contributed by atoms with Crippen LogP contribution in [0, 0.1) is 0 Å². The Balaban J connectivity index is 2.28. The van der Waals surface area contributed by atoms with Crippen LogP contribution in [0.5, 0.6) is 0 Å². The first-order valence-electron chi connectivity index (χ1n) is 5.98. The molecule has 0 heterocycles. The molecule has 1 aliphatic rings. The summed E-state index contributed by atoms with van der Waals surface area (Å²) in [6, 6.07) is 0. The van der Waals surface area contributed by atoms with Crippen LogP contribution < -0.4 is 0 Å². The zero-order valence-electron chi connectivity index (χ0n) is 9.96. The Kier molecular flexibility index (Phi) is 4.74. The quantitative estimate of drug-likeness (QED) is 0.728. The van der Waals surface area contributed by atoms with Crippen LogP contribution in [0.1, 0.15) is 45.4 Å². The Bertz CT molecular complexity index is 210. The topological polar surface area (TPSA) is 40.5 Å². The largest absolute Gasteiger partial charge is 0.389 e. The van der Waals surface area contributed by atoms with Gasteiger partial charge < -0.3 is 5.11 Å². The van der Waals surface area contributed by atoms with Crippen molar-refractivity contribution in [2.45, 2.75) is 51.0 Å². The normalized spacial score (nSPS) is 19.7. The van der Waals surface area contributed by atoms with Crippen LogP contribution in [0.25, 0.3) is 0 Å². The number of aliphatic hydroxyl groups is 1. The van der Waals surface area contributed by atoms with Gasteiger partial charge in [-0.2, -0.15) is 0 Å². The van der Waals surface area contributed by atoms with Gasteiger partial charge in [0.15, 0.2) is 0 Å². The van der Waals surface area contributed by atoms with E-state index in [9.17, 15) is 9.90 Å². The van der Waals surface area contributed by atoms with Crippen molar-refractivity contribution in [1.82, 2.24) is 4.90 Å². The fourth-order valence-corrected chi connectivity index (χ4v) is 2.41. The number of ketones is 1. The van der Waals surface area contributed by atoms with Gasteiger partial charge in [-0.3, -0.25) is 9.69 Å². The molecule has 15 heavy (non-hydrogen) atoms. The third kappa shape index (κ3) is 4.31. The van der Waals surface area contributed by atoms with Crippen LogP contribution >= 0.6 is 0 Å². The molecule has 0 spiro atoms. The van der Waals surface area contributed by atoms with Crippen LogP contribution in [0.15, 0.2) is 0 Å². The lowest BCUT2D eigenvalue weighted by atomic mass is 10.0. The summed E-state index contributed by atoms with van der Waals surface area (Å²) in [6.07, 6.45) is 5.58. The molecule has 0 saturated heterocycles. The molecule has 1 fully saturated rings. The molecule has 1 saturated carbocycles. The van der Waals surface area contributed by atoms with Crippen molar-refractivity contribution >= 4 is 5.78 Å². The summed E-state index contributed by atoms with van der Waals surface area (Å²) in [5.74, 6) is 0.279. The van der Waals surface area contributed by atoms with E-state index >= 15 is 0 Å². The highest BCUT2D eigenvalue weighted by molar-refractivity contribution is 5.80. The maximum atomic E-state index is 11.4. The molecule has 1 aliphatic carbocycles. The third-order valence-electron chi connectivity index (χ3n) is 3.07. The standard InChI is InChI=1S/C12H23NO2/c1-3-6-11(14)9-13(2)10-12(15)7-4-5-8-12/h15H,3-10H2,1-2H3. The van der Waals surface area contributed by atoms with Gasteiger partial charge in [-0.25, -0.2) is 0 Å². The summed E-state index contributed by atoms with van der Waals surface area (Å²) in [5, 5.41) is 10.2. The van der Waals surface area contributed by atoms with E-state index in [1.807, 2.05) is 18.9 Å². The monoisotopic (exact) mass is 213 g/mol. The first-order chi connectivity index (χ1) is 7.06. The fraction of sp³-hybridized carbons (Fsp3) is 0.917. The van der Waals surface area contributed by atoms with E-state index in [0.29, 0.717) is 19.5 Å². The second-order valence-corrected chi connectivity index (χ2v) is 4.89. The van der Waals surface area contributed by atoms with E-state index < -0.39 is 5.60 Å². The van der Waals surface area contributed by atoms with Crippen molar-refractivity contribution in [1.29, 1.82) is 0 Å². The van der Waals surface area contributed by atoms with Gasteiger partial charge in [0.1, 0.15) is 5.78 Å². The van der Waals surface area contributed by atoms with Gasteiger partial charge in [-0.1, -0.05) is 19.8 Å². The van der Waals surface area contributed by atoms with Crippen LogP contribution in [-0.2, 0) is 4.79 Å². The second kappa shape index (κ2) is 5.61. The van der Waals surface area contributed by atoms with Gasteiger partial charge in [-0.05, 0) is 26.3 Å². The molecule has 3 heteroatoms. The van der Waals surface area contributed by atoms with Gasteiger partial charge >= 0.3 is 0 Å². The first-order valence-corrected chi connectivity index (χ1v) is 5.98. The van der Waals surface area contributed by atoms with E-state index in [1.165, 1.54) is 0 Å². The number of hydrogen-bond acceptors (Lipinski definition) is 3. The van der Waals surface area contributed by atoms with Crippen LogP contribution in [0.2, 0.25) is 0 Å². The summed E-state index contributed by atoms with van der Waals surface area (Å²) >= 11 is 0. The maximum absolute atomic E-state index is 11.4. The molecular formula is C12H23NO2. The maximum Gasteiger partial charge on any atom is 0.146 e. The van der Waals surface area contributed by atoms with Crippen molar-refractivity contribution in [3.63, 3.8) is 0 Å². The highest BCUT2D eigenvalue weighted by Crippen LogP contribution is 2.29. The van der Waals surface area contributed by atoms with Gasteiger partial charge in [0.05, 0.1) is 12.1 Å². The van der Waals surface area contributed by atoms with E-state index in [4.69, 9.17) is 0 Å². The molecule has 3 nitrogen and oxygen atoms in total. The fourth-order valence-electron chi connectivity index (χ4n) is 2.41. The van der Waals surface area contributed by atoms with Crippen molar-refractivity contribution in [3.05, 3.63) is 0 Å². The Morgan fingerprint density at radius 1 is 1.40 bits per heavy atom. The van der Waals surface area contributed by atoms with Gasteiger partial charge in [-0.15, -0.1) is 0 Å². The molecule has 1 N–H and O–H groups in total. The molecule has 0 unspecified atom stereocenters. The lowest BCUT2D eigenvalue weighted by molar-refractivity contribution is -0.120. The van der Waals surface area contributed by atoms with Crippen LogP contribution in [0.4, 0.5) is 0 Å². The lowest BCUT2D eigenvalue weighted by Crippen LogP contribution is -2.41. The number of Topliss-reactive ketones (excluding diaryl/α,β-unsaturated/α-hetero) is 1. The number of carbonyl (C=O) groups excluding carboxylic acids is 1. The molecule has 0 aromatic heterocycles. The summed E-state index contributed by atoms with van der Waals surface area (Å²) in [5.41, 5.74) is -0.527. The predicted octanol–water partition coefficient (Wildman–Crippen LogP) is 1.59. The Hall–Kier alpha value is -0.410. The summed E-state index contributed by atoms with van der Waals surface area (Å²) in [7, 11) is 1.92. The smallest absolute Gasteiger partial charge is 0.146 e. The average Bonchev–Trinajstić information content (AvgIpc) is 2.51. The minimum Gasteiger partial charge on any atom is -0.389 e. The Labute approximate surface area is 92.5 Å². The second-order valence-electron chi connectivity index (χ2n) is 4.89. The molecule has 0 atom stereocenters. The number of nitrogens with zero attached hydrogens (tertiary/aromatic N) is 1. The minimum atomic E-state index is -0.527. The van der Waals surface area contributed by atoms with Crippen molar-refractivity contribution < 1.29 is 9.90 Å². The first kappa shape index (κ1) is 12.7. The minimum absolute atomic E-state index is 0.279. The summed E-state index contributed by atoms with van der Waals surface area (Å²) < 4.78 is 0. The van der Waals surface area contributed by atoms with E-state index in [0.717, 1.165) is 32.1 Å². The molecule has 0 amide bonds. The van der Waals surface area contributed by atoms with Gasteiger partial charge in [0.2, 0.25) is 0 Å². The van der Waals surface area contributed by atoms with Gasteiger partial charge in [0.25, 0.3) is 0 Å². The molecule has 1 rings (SSSR count). The Morgan fingerprint density at radius 3 is 2.53 bits per heavy atom. The van der Waals surface area contributed by atoms with Crippen molar-refractivity contribution in [2.24, 2.45) is 0 Å². The summed E-state index contributed by atoms with van der Waals surface area (Å²) in [4.78, 5) is 13.4. The predicted molar refractivity (Wildman–Crippen MR) is 60.8 cm³/mol. The molecule has 0 aliphatic heterocycles. The zero-order chi connectivity index (χ0) is 11.3. The van der Waals surface area contributed by atoms with Crippen molar-refractivity contribution in [2.75, 3.05) is 20.1 Å². The molecular weight excluding hydrogens is 190 g/mol. The third-order valence-corrected chi connectivity index (χ3v) is 3.07.